The number of nitrogens with one attached hydrogen (secondary N) is 1. The maximum atomic E-state index is 12.7. The van der Waals surface area contributed by atoms with Gasteiger partial charge in [0.1, 0.15) is 4.83 Å². The Morgan fingerprint density at radius 1 is 1.42 bits per heavy atom. The zero-order valence-electron chi connectivity index (χ0n) is 14.6. The standard InChI is InChI=1S/C17H23N3O2S2/c1-5-17(2,3)19-12(21)9-23-16-18-14-13(15(22)20(16)4)10-7-6-8-11(10)24-14/h5-9H2,1-4H3,(H,19,21). The zero-order chi connectivity index (χ0) is 17.5. The molecular weight excluding hydrogens is 342 g/mol. The van der Waals surface area contributed by atoms with Crippen molar-refractivity contribution in [1.29, 1.82) is 0 Å². The van der Waals surface area contributed by atoms with Crippen LogP contribution in [0.15, 0.2) is 9.95 Å². The second-order valence-electron chi connectivity index (χ2n) is 6.87. The third-order valence-electron chi connectivity index (χ3n) is 4.60. The third kappa shape index (κ3) is 3.24. The van der Waals surface area contributed by atoms with Gasteiger partial charge in [0.15, 0.2) is 5.16 Å². The lowest BCUT2D eigenvalue weighted by molar-refractivity contribution is -0.120. The van der Waals surface area contributed by atoms with Crippen LogP contribution >= 0.6 is 23.1 Å². The second kappa shape index (κ2) is 6.52. The van der Waals surface area contributed by atoms with Gasteiger partial charge in [-0.2, -0.15) is 0 Å². The molecule has 0 bridgehead atoms. The molecule has 2 aromatic heterocycles. The first-order chi connectivity index (χ1) is 11.3. The minimum atomic E-state index is -0.213. The van der Waals surface area contributed by atoms with Gasteiger partial charge in [0.05, 0.1) is 11.1 Å². The molecule has 0 aliphatic heterocycles. The summed E-state index contributed by atoms with van der Waals surface area (Å²) in [4.78, 5) is 31.6. The Kier molecular flexibility index (Phi) is 4.75. The zero-order valence-corrected chi connectivity index (χ0v) is 16.2. The van der Waals surface area contributed by atoms with Crippen molar-refractivity contribution in [2.75, 3.05) is 5.75 Å². The summed E-state index contributed by atoms with van der Waals surface area (Å²) in [6.45, 7) is 6.05. The highest BCUT2D eigenvalue weighted by Crippen LogP contribution is 2.35. The molecule has 0 fully saturated rings. The first-order valence-electron chi connectivity index (χ1n) is 8.27. The van der Waals surface area contributed by atoms with Gasteiger partial charge >= 0.3 is 0 Å². The summed E-state index contributed by atoms with van der Waals surface area (Å²) in [7, 11) is 1.74. The van der Waals surface area contributed by atoms with E-state index in [9.17, 15) is 9.59 Å². The van der Waals surface area contributed by atoms with E-state index in [1.54, 1.807) is 23.0 Å². The van der Waals surface area contributed by atoms with Crippen LogP contribution in [0.2, 0.25) is 0 Å². The normalized spacial score (nSPS) is 14.2. The van der Waals surface area contributed by atoms with Crippen LogP contribution in [-0.4, -0.2) is 26.8 Å². The van der Waals surface area contributed by atoms with Crippen molar-refractivity contribution in [3.05, 3.63) is 20.8 Å². The number of hydrogen-bond acceptors (Lipinski definition) is 5. The van der Waals surface area contributed by atoms with Crippen molar-refractivity contribution in [3.8, 4) is 0 Å². The van der Waals surface area contributed by atoms with Gasteiger partial charge in [0.25, 0.3) is 5.56 Å². The molecule has 7 heteroatoms. The highest BCUT2D eigenvalue weighted by molar-refractivity contribution is 7.99. The number of nitrogens with zero attached hydrogens (tertiary/aromatic N) is 2. The number of amides is 1. The quantitative estimate of drug-likeness (QED) is 0.654. The molecule has 1 aliphatic rings. The van der Waals surface area contributed by atoms with Crippen LogP contribution in [0.25, 0.3) is 10.2 Å². The van der Waals surface area contributed by atoms with Crippen molar-refractivity contribution >= 4 is 39.2 Å². The van der Waals surface area contributed by atoms with Crippen LogP contribution < -0.4 is 10.9 Å². The van der Waals surface area contributed by atoms with Gasteiger partial charge in [0, 0.05) is 17.5 Å². The predicted molar refractivity (Wildman–Crippen MR) is 100 cm³/mol. The number of aryl methyl sites for hydroxylation is 2. The van der Waals surface area contributed by atoms with Gasteiger partial charge in [0.2, 0.25) is 5.91 Å². The fraction of sp³-hybridized carbons (Fsp3) is 0.588. The second-order valence-corrected chi connectivity index (χ2v) is 8.90. The molecule has 0 saturated heterocycles. The Bertz CT molecular complexity index is 852. The van der Waals surface area contributed by atoms with Crippen molar-refractivity contribution in [1.82, 2.24) is 14.9 Å². The van der Waals surface area contributed by atoms with Crippen LogP contribution in [0.3, 0.4) is 0 Å². The SMILES string of the molecule is CCC(C)(C)NC(=O)CSc1nc2sc3c(c2c(=O)n1C)CCC3. The van der Waals surface area contributed by atoms with Crippen LogP contribution in [-0.2, 0) is 24.7 Å². The predicted octanol–water partition coefficient (Wildman–Crippen LogP) is 2.88. The maximum absolute atomic E-state index is 12.7. The fourth-order valence-electron chi connectivity index (χ4n) is 2.87. The van der Waals surface area contributed by atoms with E-state index in [0.29, 0.717) is 5.16 Å². The molecule has 3 rings (SSSR count). The molecule has 130 valence electrons. The van der Waals surface area contributed by atoms with Gasteiger partial charge in [-0.3, -0.25) is 14.2 Å². The van der Waals surface area contributed by atoms with Crippen LogP contribution in [0.5, 0.6) is 0 Å². The lowest BCUT2D eigenvalue weighted by Crippen LogP contribution is -2.43. The molecule has 5 nitrogen and oxygen atoms in total. The number of carbonyl (C=O) groups excluding carboxylic acids is 1. The van der Waals surface area contributed by atoms with Crippen molar-refractivity contribution in [3.63, 3.8) is 0 Å². The molecule has 0 spiro atoms. The summed E-state index contributed by atoms with van der Waals surface area (Å²) in [5.41, 5.74) is 0.994. The third-order valence-corrected chi connectivity index (χ3v) is 6.81. The number of aromatic nitrogens is 2. The Labute approximate surface area is 149 Å². The highest BCUT2D eigenvalue weighted by atomic mass is 32.2. The van der Waals surface area contributed by atoms with E-state index in [1.807, 2.05) is 20.8 Å². The molecule has 24 heavy (non-hydrogen) atoms. The smallest absolute Gasteiger partial charge is 0.262 e. The summed E-state index contributed by atoms with van der Waals surface area (Å²) in [5.74, 6) is 0.232. The molecule has 0 atom stereocenters. The fourth-order valence-corrected chi connectivity index (χ4v) is 4.94. The van der Waals surface area contributed by atoms with Crippen LogP contribution in [0.1, 0.15) is 44.1 Å². The number of rotatable bonds is 5. The van der Waals surface area contributed by atoms with Crippen molar-refractivity contribution < 1.29 is 4.79 Å². The van der Waals surface area contributed by atoms with E-state index < -0.39 is 0 Å². The van der Waals surface area contributed by atoms with Gasteiger partial charge in [-0.05, 0) is 45.1 Å². The van der Waals surface area contributed by atoms with Gasteiger partial charge in [-0.1, -0.05) is 18.7 Å². The Balaban J connectivity index is 1.82. The molecule has 1 amide bonds. The Hall–Kier alpha value is -1.34. The molecule has 2 aromatic rings. The van der Waals surface area contributed by atoms with Gasteiger partial charge in [-0.25, -0.2) is 4.98 Å². The first-order valence-corrected chi connectivity index (χ1v) is 10.1. The van der Waals surface area contributed by atoms with E-state index in [1.165, 1.54) is 22.2 Å². The number of thiophene rings is 1. The van der Waals surface area contributed by atoms with Crippen LogP contribution in [0.4, 0.5) is 0 Å². The first kappa shape index (κ1) is 17.5. The van der Waals surface area contributed by atoms with E-state index >= 15 is 0 Å². The maximum Gasteiger partial charge on any atom is 0.262 e. The van der Waals surface area contributed by atoms with Crippen molar-refractivity contribution in [2.24, 2.45) is 7.05 Å². The molecule has 2 heterocycles. The summed E-state index contributed by atoms with van der Waals surface area (Å²) >= 11 is 2.96. The Morgan fingerprint density at radius 3 is 2.88 bits per heavy atom. The van der Waals surface area contributed by atoms with E-state index in [0.717, 1.165) is 35.9 Å². The average molecular weight is 366 g/mol. The number of carbonyl (C=O) groups is 1. The summed E-state index contributed by atoms with van der Waals surface area (Å²) in [6, 6.07) is 0. The highest BCUT2D eigenvalue weighted by Gasteiger charge is 2.23. The topological polar surface area (TPSA) is 64.0 Å². The lowest BCUT2D eigenvalue weighted by Gasteiger charge is -2.24. The molecule has 1 aliphatic carbocycles. The summed E-state index contributed by atoms with van der Waals surface area (Å²) < 4.78 is 1.58. The molecular formula is C17H23N3O2S2. The average Bonchev–Trinajstić information content (AvgIpc) is 3.09. The van der Waals surface area contributed by atoms with E-state index in [-0.39, 0.29) is 22.8 Å². The number of hydrogen-bond donors (Lipinski definition) is 1. The molecule has 0 radical (unpaired) electrons. The lowest BCUT2D eigenvalue weighted by atomic mass is 10.0. The number of fused-ring (bicyclic) bond motifs is 3. The molecule has 0 aromatic carbocycles. The molecule has 0 unspecified atom stereocenters. The summed E-state index contributed by atoms with van der Waals surface area (Å²) in [6.07, 6.45) is 4.03. The van der Waals surface area contributed by atoms with Crippen molar-refractivity contribution in [2.45, 2.75) is 57.1 Å². The van der Waals surface area contributed by atoms with E-state index in [4.69, 9.17) is 0 Å². The summed E-state index contributed by atoms with van der Waals surface area (Å²) in [5, 5.41) is 4.40. The number of thioether (sulfide) groups is 1. The minimum Gasteiger partial charge on any atom is -0.351 e. The monoisotopic (exact) mass is 365 g/mol. The van der Waals surface area contributed by atoms with Crippen LogP contribution in [0, 0.1) is 0 Å². The molecule has 1 N–H and O–H groups in total. The van der Waals surface area contributed by atoms with Gasteiger partial charge in [-0.15, -0.1) is 11.3 Å². The van der Waals surface area contributed by atoms with Gasteiger partial charge < -0.3 is 5.32 Å². The Morgan fingerprint density at radius 2 is 2.17 bits per heavy atom. The molecule has 0 saturated carbocycles. The van der Waals surface area contributed by atoms with E-state index in [2.05, 4.69) is 10.3 Å². The minimum absolute atomic E-state index is 0.0104. The largest absolute Gasteiger partial charge is 0.351 e.